The lowest BCUT2D eigenvalue weighted by Gasteiger charge is -2.43. The van der Waals surface area contributed by atoms with Crippen molar-refractivity contribution in [2.24, 2.45) is 5.92 Å². The molecule has 4 rings (SSSR count). The van der Waals surface area contributed by atoms with E-state index in [1.54, 1.807) is 0 Å². The Morgan fingerprint density at radius 2 is 1.67 bits per heavy atom. The van der Waals surface area contributed by atoms with Crippen LogP contribution in [0.3, 0.4) is 0 Å². The summed E-state index contributed by atoms with van der Waals surface area (Å²) in [7, 11) is 0. The SMILES string of the molecule is C=CCN1[C@@H]2[C@@H](CC)[C@H](c3ccccc3)N([C@@H](C)c3ccccc3)C(=O)[C@@H]21. The van der Waals surface area contributed by atoms with E-state index in [0.717, 1.165) is 13.0 Å². The minimum atomic E-state index is 0.0130. The van der Waals surface area contributed by atoms with Crippen LogP contribution in [-0.2, 0) is 4.79 Å². The van der Waals surface area contributed by atoms with Crippen molar-refractivity contribution in [3.05, 3.63) is 84.4 Å². The fourth-order valence-corrected chi connectivity index (χ4v) is 4.98. The minimum absolute atomic E-state index is 0.0130. The van der Waals surface area contributed by atoms with Crippen LogP contribution >= 0.6 is 0 Å². The molecule has 140 valence electrons. The van der Waals surface area contributed by atoms with Gasteiger partial charge in [0.1, 0.15) is 6.04 Å². The van der Waals surface area contributed by atoms with Crippen molar-refractivity contribution in [2.75, 3.05) is 6.54 Å². The summed E-state index contributed by atoms with van der Waals surface area (Å²) < 4.78 is 0. The zero-order valence-electron chi connectivity index (χ0n) is 16.2. The Bertz CT molecular complexity index is 804. The Morgan fingerprint density at radius 1 is 1.04 bits per heavy atom. The molecule has 1 amide bonds. The van der Waals surface area contributed by atoms with E-state index < -0.39 is 0 Å². The first-order valence-corrected chi connectivity index (χ1v) is 9.97. The van der Waals surface area contributed by atoms with Gasteiger partial charge in [-0.3, -0.25) is 9.69 Å². The number of nitrogens with zero attached hydrogens (tertiary/aromatic N) is 2. The van der Waals surface area contributed by atoms with Crippen LogP contribution in [0.5, 0.6) is 0 Å². The molecule has 27 heavy (non-hydrogen) atoms. The average Bonchev–Trinajstić information content (AvgIpc) is 3.43. The normalized spacial score (nSPS) is 30.5. The number of carbonyl (C=O) groups is 1. The Hall–Kier alpha value is -2.39. The van der Waals surface area contributed by atoms with Gasteiger partial charge in [0.2, 0.25) is 5.91 Å². The molecule has 1 unspecified atom stereocenters. The summed E-state index contributed by atoms with van der Waals surface area (Å²) in [6, 6.07) is 21.4. The predicted molar refractivity (Wildman–Crippen MR) is 109 cm³/mol. The van der Waals surface area contributed by atoms with Crippen molar-refractivity contribution in [1.82, 2.24) is 9.80 Å². The van der Waals surface area contributed by atoms with Crippen LogP contribution in [0.2, 0.25) is 0 Å². The van der Waals surface area contributed by atoms with Crippen LogP contribution in [0, 0.1) is 5.92 Å². The summed E-state index contributed by atoms with van der Waals surface area (Å²) >= 11 is 0. The number of fused-ring (bicyclic) bond motifs is 1. The number of piperidine rings is 1. The molecular formula is C24H28N2O. The van der Waals surface area contributed by atoms with Crippen molar-refractivity contribution in [3.8, 4) is 0 Å². The van der Waals surface area contributed by atoms with E-state index in [0.29, 0.717) is 12.0 Å². The zero-order chi connectivity index (χ0) is 19.0. The van der Waals surface area contributed by atoms with E-state index in [9.17, 15) is 4.79 Å². The largest absolute Gasteiger partial charge is 0.327 e. The van der Waals surface area contributed by atoms with Gasteiger partial charge in [-0.25, -0.2) is 0 Å². The number of rotatable bonds is 6. The van der Waals surface area contributed by atoms with Gasteiger partial charge in [-0.2, -0.15) is 0 Å². The van der Waals surface area contributed by atoms with Crippen molar-refractivity contribution < 1.29 is 4.79 Å². The van der Waals surface area contributed by atoms with Gasteiger partial charge in [-0.15, -0.1) is 6.58 Å². The van der Waals surface area contributed by atoms with Gasteiger partial charge in [0.05, 0.1) is 12.1 Å². The van der Waals surface area contributed by atoms with Crippen molar-refractivity contribution in [2.45, 2.75) is 44.4 Å². The van der Waals surface area contributed by atoms with Gasteiger partial charge < -0.3 is 4.90 Å². The first kappa shape index (κ1) is 18.0. The molecular weight excluding hydrogens is 332 g/mol. The maximum Gasteiger partial charge on any atom is 0.242 e. The molecule has 0 aliphatic carbocycles. The maximum absolute atomic E-state index is 13.6. The smallest absolute Gasteiger partial charge is 0.242 e. The highest BCUT2D eigenvalue weighted by Crippen LogP contribution is 2.52. The fraction of sp³-hybridized carbons (Fsp3) is 0.375. The first-order chi connectivity index (χ1) is 13.2. The van der Waals surface area contributed by atoms with Gasteiger partial charge in [0.25, 0.3) is 0 Å². The van der Waals surface area contributed by atoms with Crippen LogP contribution in [0.4, 0.5) is 0 Å². The number of likely N-dealkylation sites (tertiary alicyclic amines) is 1. The highest BCUT2D eigenvalue weighted by atomic mass is 16.2. The monoisotopic (exact) mass is 360 g/mol. The molecule has 3 heteroatoms. The molecule has 6 atom stereocenters. The molecule has 0 radical (unpaired) electrons. The van der Waals surface area contributed by atoms with E-state index in [-0.39, 0.29) is 24.0 Å². The molecule has 2 fully saturated rings. The zero-order valence-corrected chi connectivity index (χ0v) is 16.2. The van der Waals surface area contributed by atoms with E-state index in [1.165, 1.54) is 11.1 Å². The lowest BCUT2D eigenvalue weighted by Crippen LogP contribution is -2.48. The van der Waals surface area contributed by atoms with Gasteiger partial charge in [0.15, 0.2) is 0 Å². The number of hydrogen-bond acceptors (Lipinski definition) is 2. The number of amides is 1. The summed E-state index contributed by atoms with van der Waals surface area (Å²) in [5.74, 6) is 0.693. The molecule has 2 heterocycles. The molecule has 0 N–H and O–H groups in total. The van der Waals surface area contributed by atoms with Crippen molar-refractivity contribution in [1.29, 1.82) is 0 Å². The van der Waals surface area contributed by atoms with Gasteiger partial charge in [-0.1, -0.05) is 73.7 Å². The lowest BCUT2D eigenvalue weighted by molar-refractivity contribution is -0.140. The summed E-state index contributed by atoms with van der Waals surface area (Å²) in [5.41, 5.74) is 2.43. The molecule has 0 spiro atoms. The predicted octanol–water partition coefficient (Wildman–Crippen LogP) is 4.60. The van der Waals surface area contributed by atoms with Crippen LogP contribution in [0.1, 0.15) is 43.5 Å². The van der Waals surface area contributed by atoms with Crippen molar-refractivity contribution in [3.63, 3.8) is 0 Å². The highest BCUT2D eigenvalue weighted by Gasteiger charge is 2.63. The third-order valence-electron chi connectivity index (χ3n) is 6.28. The minimum Gasteiger partial charge on any atom is -0.327 e. The molecule has 2 aliphatic heterocycles. The summed E-state index contributed by atoms with van der Waals surface area (Å²) in [6.45, 7) is 9.09. The van der Waals surface area contributed by atoms with E-state index >= 15 is 0 Å². The van der Waals surface area contributed by atoms with Gasteiger partial charge >= 0.3 is 0 Å². The van der Waals surface area contributed by atoms with Crippen molar-refractivity contribution >= 4 is 5.91 Å². The second kappa shape index (κ2) is 7.32. The van der Waals surface area contributed by atoms with Crippen LogP contribution in [0.15, 0.2) is 73.3 Å². The van der Waals surface area contributed by atoms with Crippen LogP contribution in [0.25, 0.3) is 0 Å². The maximum atomic E-state index is 13.6. The molecule has 0 bridgehead atoms. The molecule has 2 aromatic rings. The number of carbonyl (C=O) groups excluding carboxylic acids is 1. The second-order valence-electron chi connectivity index (χ2n) is 7.68. The molecule has 2 saturated heterocycles. The Kier molecular flexibility index (Phi) is 4.88. The third-order valence-corrected chi connectivity index (χ3v) is 6.28. The number of hydrogen-bond donors (Lipinski definition) is 0. The molecule has 2 aliphatic rings. The van der Waals surface area contributed by atoms with Gasteiger partial charge in [-0.05, 0) is 24.5 Å². The first-order valence-electron chi connectivity index (χ1n) is 9.97. The molecule has 2 aromatic carbocycles. The van der Waals surface area contributed by atoms with E-state index in [4.69, 9.17) is 0 Å². The Labute approximate surface area is 162 Å². The quantitative estimate of drug-likeness (QED) is 0.555. The highest BCUT2D eigenvalue weighted by molar-refractivity contribution is 5.88. The molecule has 0 aromatic heterocycles. The Morgan fingerprint density at radius 3 is 2.26 bits per heavy atom. The standard InChI is InChI=1S/C24H28N2O/c1-4-16-25-22-20(5-2)21(19-14-10-7-11-15-19)26(24(27)23(22)25)17(3)18-12-8-6-9-13-18/h4,6-15,17,20-23H,1,5,16H2,2-3H3/t17-,20-,21-,22+,23+,25?/m0/s1. The van der Waals surface area contributed by atoms with Gasteiger partial charge in [0, 0.05) is 18.5 Å². The third kappa shape index (κ3) is 3.00. The van der Waals surface area contributed by atoms with E-state index in [2.05, 4.69) is 78.8 Å². The summed E-state index contributed by atoms with van der Waals surface area (Å²) in [5, 5.41) is 0. The summed E-state index contributed by atoms with van der Waals surface area (Å²) in [6.07, 6.45) is 2.97. The lowest BCUT2D eigenvalue weighted by atomic mass is 9.81. The van der Waals surface area contributed by atoms with Crippen LogP contribution in [-0.4, -0.2) is 34.3 Å². The van der Waals surface area contributed by atoms with E-state index in [1.807, 2.05) is 18.2 Å². The number of benzene rings is 2. The topological polar surface area (TPSA) is 23.3 Å². The van der Waals surface area contributed by atoms with Crippen LogP contribution < -0.4 is 0 Å². The summed E-state index contributed by atoms with van der Waals surface area (Å²) in [4.78, 5) is 18.0. The average molecular weight is 361 g/mol. The Balaban J connectivity index is 1.77. The fourth-order valence-electron chi connectivity index (χ4n) is 4.98. The molecule has 0 saturated carbocycles. The molecule has 3 nitrogen and oxygen atoms in total. The second-order valence-corrected chi connectivity index (χ2v) is 7.68.